The molecule has 0 aromatic carbocycles. The summed E-state index contributed by atoms with van der Waals surface area (Å²) in [5.41, 5.74) is 0. The molecule has 6 heteroatoms. The Morgan fingerprint density at radius 3 is 2.26 bits per heavy atom. The van der Waals surface area contributed by atoms with E-state index in [1.165, 1.54) is 12.8 Å². The highest BCUT2D eigenvalue weighted by Crippen LogP contribution is 2.30. The minimum absolute atomic E-state index is 0.0300. The first-order chi connectivity index (χ1) is 11.0. The van der Waals surface area contributed by atoms with Crippen LogP contribution in [0.2, 0.25) is 0 Å². The zero-order valence-electron chi connectivity index (χ0n) is 13.5. The first-order valence-electron chi connectivity index (χ1n) is 8.87. The number of carbonyl (C=O) groups is 3. The Labute approximate surface area is 136 Å². The molecule has 1 heterocycles. The third kappa shape index (κ3) is 3.67. The van der Waals surface area contributed by atoms with Gasteiger partial charge in [-0.1, -0.05) is 12.8 Å². The normalized spacial score (nSPS) is 32.3. The lowest BCUT2D eigenvalue weighted by atomic mass is 9.86. The molecule has 3 aliphatic rings. The maximum atomic E-state index is 12.4. The molecule has 1 saturated heterocycles. The number of hydrogen-bond acceptors (Lipinski definition) is 3. The number of carboxylic acids is 1. The summed E-state index contributed by atoms with van der Waals surface area (Å²) in [5, 5.41) is 12.1. The molecule has 1 aliphatic heterocycles. The van der Waals surface area contributed by atoms with Crippen LogP contribution in [0.4, 0.5) is 0 Å². The molecule has 128 valence electrons. The summed E-state index contributed by atoms with van der Waals surface area (Å²) in [6.45, 7) is 0.555. The molecule has 0 radical (unpaired) electrons. The average Bonchev–Trinajstić information content (AvgIpc) is 3.16. The van der Waals surface area contributed by atoms with E-state index in [1.54, 1.807) is 0 Å². The van der Waals surface area contributed by atoms with E-state index < -0.39 is 5.97 Å². The van der Waals surface area contributed by atoms with Gasteiger partial charge in [0, 0.05) is 25.0 Å². The molecular formula is C17H26N2O4. The molecule has 3 rings (SSSR count). The number of likely N-dealkylation sites (tertiary alicyclic amines) is 1. The Kier molecular flexibility index (Phi) is 4.87. The summed E-state index contributed by atoms with van der Waals surface area (Å²) in [5.74, 6) is -1.15. The Bertz CT molecular complexity index is 479. The number of hydrogen-bond donors (Lipinski definition) is 2. The van der Waals surface area contributed by atoms with E-state index in [1.807, 2.05) is 4.90 Å². The van der Waals surface area contributed by atoms with Crippen LogP contribution in [-0.2, 0) is 14.4 Å². The first-order valence-corrected chi connectivity index (χ1v) is 8.87. The molecule has 0 spiro atoms. The third-order valence-corrected chi connectivity index (χ3v) is 5.72. The largest absolute Gasteiger partial charge is 0.481 e. The molecule has 2 N–H and O–H groups in total. The zero-order valence-corrected chi connectivity index (χ0v) is 13.5. The molecule has 2 saturated carbocycles. The van der Waals surface area contributed by atoms with Crippen molar-refractivity contribution in [3.63, 3.8) is 0 Å². The molecule has 2 amide bonds. The zero-order chi connectivity index (χ0) is 16.4. The standard InChI is InChI=1S/C17H26N2O4/c20-15-9-12(10-19(15)14-3-1-2-4-14)16(21)18-13-7-5-11(6-8-13)17(22)23/h11-14H,1-10H2,(H,18,21)(H,22,23)/t11?,12-,13?/m1/s1. The second-order valence-corrected chi connectivity index (χ2v) is 7.28. The Morgan fingerprint density at radius 2 is 1.65 bits per heavy atom. The van der Waals surface area contributed by atoms with E-state index in [4.69, 9.17) is 5.11 Å². The summed E-state index contributed by atoms with van der Waals surface area (Å²) in [4.78, 5) is 37.5. The van der Waals surface area contributed by atoms with Crippen molar-refractivity contribution >= 4 is 17.8 Å². The van der Waals surface area contributed by atoms with Crippen molar-refractivity contribution < 1.29 is 19.5 Å². The molecule has 0 aromatic rings. The highest BCUT2D eigenvalue weighted by atomic mass is 16.4. The maximum Gasteiger partial charge on any atom is 0.306 e. The van der Waals surface area contributed by atoms with Crippen molar-refractivity contribution in [2.75, 3.05) is 6.54 Å². The molecule has 0 aromatic heterocycles. The SMILES string of the molecule is O=C(O)C1CCC(NC(=O)[C@@H]2CC(=O)N(C3CCCC3)C2)CC1. The number of carbonyl (C=O) groups excluding carboxylic acids is 2. The van der Waals surface area contributed by atoms with Crippen LogP contribution in [0.1, 0.15) is 57.8 Å². The summed E-state index contributed by atoms with van der Waals surface area (Å²) in [6.07, 6.45) is 7.50. The lowest BCUT2D eigenvalue weighted by molar-refractivity contribution is -0.143. The number of rotatable bonds is 4. The first kappa shape index (κ1) is 16.3. The predicted octanol–water partition coefficient (Wildman–Crippen LogP) is 1.54. The lowest BCUT2D eigenvalue weighted by Gasteiger charge is -2.28. The third-order valence-electron chi connectivity index (χ3n) is 5.72. The van der Waals surface area contributed by atoms with Crippen molar-refractivity contribution in [1.82, 2.24) is 10.2 Å². The molecule has 3 fully saturated rings. The van der Waals surface area contributed by atoms with Gasteiger partial charge in [0.15, 0.2) is 0 Å². The van der Waals surface area contributed by atoms with E-state index in [0.717, 1.165) is 25.7 Å². The summed E-state index contributed by atoms with van der Waals surface area (Å²) in [7, 11) is 0. The molecule has 0 unspecified atom stereocenters. The molecule has 2 aliphatic carbocycles. The van der Waals surface area contributed by atoms with Crippen LogP contribution >= 0.6 is 0 Å². The number of carboxylic acid groups (broad SMARTS) is 1. The smallest absolute Gasteiger partial charge is 0.306 e. The molecule has 1 atom stereocenters. The summed E-state index contributed by atoms with van der Waals surface area (Å²) < 4.78 is 0. The van der Waals surface area contributed by atoms with E-state index >= 15 is 0 Å². The monoisotopic (exact) mass is 322 g/mol. The van der Waals surface area contributed by atoms with Crippen LogP contribution in [-0.4, -0.2) is 46.4 Å². The van der Waals surface area contributed by atoms with Gasteiger partial charge in [0.05, 0.1) is 11.8 Å². The van der Waals surface area contributed by atoms with Crippen LogP contribution in [0, 0.1) is 11.8 Å². The van der Waals surface area contributed by atoms with Gasteiger partial charge in [0.2, 0.25) is 11.8 Å². The quantitative estimate of drug-likeness (QED) is 0.822. The second-order valence-electron chi connectivity index (χ2n) is 7.28. The molecule has 23 heavy (non-hydrogen) atoms. The maximum absolute atomic E-state index is 12.4. The number of aliphatic carboxylic acids is 1. The minimum atomic E-state index is -0.733. The van der Waals surface area contributed by atoms with Gasteiger partial charge in [0.1, 0.15) is 0 Å². The van der Waals surface area contributed by atoms with Crippen molar-refractivity contribution in [3.8, 4) is 0 Å². The lowest BCUT2D eigenvalue weighted by Crippen LogP contribution is -2.42. The Hall–Kier alpha value is -1.59. The van der Waals surface area contributed by atoms with Gasteiger partial charge >= 0.3 is 5.97 Å². The van der Waals surface area contributed by atoms with Gasteiger partial charge in [-0.2, -0.15) is 0 Å². The van der Waals surface area contributed by atoms with Crippen molar-refractivity contribution in [1.29, 1.82) is 0 Å². The van der Waals surface area contributed by atoms with Crippen LogP contribution < -0.4 is 5.32 Å². The van der Waals surface area contributed by atoms with Crippen LogP contribution in [0.15, 0.2) is 0 Å². The van der Waals surface area contributed by atoms with Gasteiger partial charge < -0.3 is 15.3 Å². The van der Waals surface area contributed by atoms with Gasteiger partial charge in [0.25, 0.3) is 0 Å². The molecular weight excluding hydrogens is 296 g/mol. The predicted molar refractivity (Wildman–Crippen MR) is 83.6 cm³/mol. The minimum Gasteiger partial charge on any atom is -0.481 e. The van der Waals surface area contributed by atoms with Gasteiger partial charge in [-0.3, -0.25) is 14.4 Å². The average molecular weight is 322 g/mol. The van der Waals surface area contributed by atoms with Gasteiger partial charge in [-0.15, -0.1) is 0 Å². The van der Waals surface area contributed by atoms with Crippen molar-refractivity contribution in [3.05, 3.63) is 0 Å². The second kappa shape index (κ2) is 6.89. The highest BCUT2D eigenvalue weighted by Gasteiger charge is 2.39. The number of nitrogens with one attached hydrogen (secondary N) is 1. The highest BCUT2D eigenvalue weighted by molar-refractivity contribution is 5.89. The molecule has 6 nitrogen and oxygen atoms in total. The van der Waals surface area contributed by atoms with E-state index in [0.29, 0.717) is 31.8 Å². The number of amides is 2. The van der Waals surface area contributed by atoms with E-state index in [9.17, 15) is 14.4 Å². The van der Waals surface area contributed by atoms with Gasteiger partial charge in [-0.25, -0.2) is 0 Å². The number of nitrogens with zero attached hydrogens (tertiary/aromatic N) is 1. The van der Waals surface area contributed by atoms with Crippen molar-refractivity contribution in [2.24, 2.45) is 11.8 Å². The molecule has 0 bridgehead atoms. The summed E-state index contributed by atoms with van der Waals surface area (Å²) in [6, 6.07) is 0.403. The fraction of sp³-hybridized carbons (Fsp3) is 0.824. The van der Waals surface area contributed by atoms with Crippen LogP contribution in [0.5, 0.6) is 0 Å². The van der Waals surface area contributed by atoms with Crippen LogP contribution in [0.3, 0.4) is 0 Å². The summed E-state index contributed by atoms with van der Waals surface area (Å²) >= 11 is 0. The van der Waals surface area contributed by atoms with E-state index in [2.05, 4.69) is 5.32 Å². The van der Waals surface area contributed by atoms with E-state index in [-0.39, 0.29) is 29.7 Å². The van der Waals surface area contributed by atoms with Gasteiger partial charge in [-0.05, 0) is 38.5 Å². The Balaban J connectivity index is 1.47. The topological polar surface area (TPSA) is 86.7 Å². The van der Waals surface area contributed by atoms with Crippen molar-refractivity contribution in [2.45, 2.75) is 69.9 Å². The fourth-order valence-corrected chi connectivity index (χ4v) is 4.28. The van der Waals surface area contributed by atoms with Crippen LogP contribution in [0.25, 0.3) is 0 Å². The Morgan fingerprint density at radius 1 is 1.00 bits per heavy atom. The fourth-order valence-electron chi connectivity index (χ4n) is 4.28.